The number of hydrogen-bond acceptors (Lipinski definition) is 3. The number of alkyl halides is 1. The van der Waals surface area contributed by atoms with Gasteiger partial charge in [-0.2, -0.15) is 0 Å². The summed E-state index contributed by atoms with van der Waals surface area (Å²) >= 11 is 5.77. The van der Waals surface area contributed by atoms with Crippen LogP contribution in [0.4, 0.5) is 5.82 Å². The predicted octanol–water partition coefficient (Wildman–Crippen LogP) is 2.05. The standard InChI is InChI=1S/C11H15ClN2O/c1-9-8-15-6-5-14(9)11-4-2-3-10(7-12)13-11/h2-4,9H,5-8H2,1H3. The summed E-state index contributed by atoms with van der Waals surface area (Å²) in [5, 5.41) is 0. The summed E-state index contributed by atoms with van der Waals surface area (Å²) in [7, 11) is 0. The fraction of sp³-hybridized carbons (Fsp3) is 0.545. The molecule has 0 aromatic carbocycles. The fourth-order valence-electron chi connectivity index (χ4n) is 1.77. The van der Waals surface area contributed by atoms with Crippen LogP contribution in [0.1, 0.15) is 12.6 Å². The average Bonchev–Trinajstić information content (AvgIpc) is 2.30. The van der Waals surface area contributed by atoms with Gasteiger partial charge in [0.1, 0.15) is 5.82 Å². The summed E-state index contributed by atoms with van der Waals surface area (Å²) in [6, 6.07) is 6.36. The molecule has 0 saturated carbocycles. The van der Waals surface area contributed by atoms with Crippen molar-refractivity contribution in [3.8, 4) is 0 Å². The third-order valence-electron chi connectivity index (χ3n) is 2.59. The molecule has 0 spiro atoms. The van der Waals surface area contributed by atoms with E-state index in [1.54, 1.807) is 0 Å². The molecular weight excluding hydrogens is 212 g/mol. The Bertz CT molecular complexity index is 332. The first-order valence-electron chi connectivity index (χ1n) is 5.17. The van der Waals surface area contributed by atoms with Crippen molar-refractivity contribution in [3.63, 3.8) is 0 Å². The van der Waals surface area contributed by atoms with Crippen LogP contribution in [0, 0.1) is 0 Å². The number of ether oxygens (including phenoxy) is 1. The molecule has 4 heteroatoms. The number of rotatable bonds is 2. The number of nitrogens with zero attached hydrogens (tertiary/aromatic N) is 2. The number of halogens is 1. The number of anilines is 1. The van der Waals surface area contributed by atoms with Crippen molar-refractivity contribution in [3.05, 3.63) is 23.9 Å². The summed E-state index contributed by atoms with van der Waals surface area (Å²) in [5.74, 6) is 1.47. The third kappa shape index (κ3) is 2.41. The quantitative estimate of drug-likeness (QED) is 0.722. The Morgan fingerprint density at radius 3 is 3.20 bits per heavy atom. The topological polar surface area (TPSA) is 25.4 Å². The van der Waals surface area contributed by atoms with Gasteiger partial charge in [-0.3, -0.25) is 0 Å². The molecule has 0 aliphatic carbocycles. The van der Waals surface area contributed by atoms with Crippen LogP contribution in [-0.4, -0.2) is 30.8 Å². The van der Waals surface area contributed by atoms with E-state index in [-0.39, 0.29) is 0 Å². The van der Waals surface area contributed by atoms with Crippen LogP contribution in [0.3, 0.4) is 0 Å². The monoisotopic (exact) mass is 226 g/mol. The Hall–Kier alpha value is -0.800. The molecular formula is C11H15ClN2O. The van der Waals surface area contributed by atoms with Crippen molar-refractivity contribution in [2.24, 2.45) is 0 Å². The van der Waals surface area contributed by atoms with Gasteiger partial charge in [0, 0.05) is 6.54 Å². The lowest BCUT2D eigenvalue weighted by Crippen LogP contribution is -2.44. The molecule has 1 aliphatic rings. The molecule has 1 aromatic rings. The fourth-order valence-corrected chi connectivity index (χ4v) is 1.92. The van der Waals surface area contributed by atoms with Crippen LogP contribution < -0.4 is 4.90 Å². The second-order valence-electron chi connectivity index (χ2n) is 3.74. The minimum Gasteiger partial charge on any atom is -0.377 e. The van der Waals surface area contributed by atoms with Gasteiger partial charge in [-0.25, -0.2) is 4.98 Å². The van der Waals surface area contributed by atoms with Crippen LogP contribution >= 0.6 is 11.6 Å². The van der Waals surface area contributed by atoms with Gasteiger partial charge in [0.05, 0.1) is 30.8 Å². The normalized spacial score (nSPS) is 21.7. The maximum Gasteiger partial charge on any atom is 0.129 e. The minimum atomic E-state index is 0.386. The van der Waals surface area contributed by atoms with E-state index in [4.69, 9.17) is 16.3 Å². The van der Waals surface area contributed by atoms with E-state index in [9.17, 15) is 0 Å². The molecule has 15 heavy (non-hydrogen) atoms. The van der Waals surface area contributed by atoms with Gasteiger partial charge >= 0.3 is 0 Å². The van der Waals surface area contributed by atoms with E-state index in [1.165, 1.54) is 0 Å². The zero-order valence-corrected chi connectivity index (χ0v) is 9.57. The molecule has 0 amide bonds. The van der Waals surface area contributed by atoms with Crippen LogP contribution in [0.5, 0.6) is 0 Å². The van der Waals surface area contributed by atoms with Crippen molar-refractivity contribution in [1.82, 2.24) is 4.98 Å². The summed E-state index contributed by atoms with van der Waals surface area (Å²) in [4.78, 5) is 6.77. The molecule has 1 aliphatic heterocycles. The van der Waals surface area contributed by atoms with Crippen molar-refractivity contribution in [2.75, 3.05) is 24.7 Å². The molecule has 1 atom stereocenters. The Morgan fingerprint density at radius 1 is 1.60 bits per heavy atom. The highest BCUT2D eigenvalue weighted by atomic mass is 35.5. The van der Waals surface area contributed by atoms with E-state index in [0.29, 0.717) is 11.9 Å². The highest BCUT2D eigenvalue weighted by Crippen LogP contribution is 2.17. The van der Waals surface area contributed by atoms with Crippen molar-refractivity contribution >= 4 is 17.4 Å². The first-order chi connectivity index (χ1) is 7.31. The number of morpholine rings is 1. The Kier molecular flexibility index (Phi) is 3.44. The Balaban J connectivity index is 2.19. The lowest BCUT2D eigenvalue weighted by molar-refractivity contribution is 0.0985. The Labute approximate surface area is 95.0 Å². The summed E-state index contributed by atoms with van der Waals surface area (Å²) in [6.45, 7) is 4.60. The molecule has 0 bridgehead atoms. The summed E-state index contributed by atoms with van der Waals surface area (Å²) < 4.78 is 5.39. The van der Waals surface area contributed by atoms with Gasteiger partial charge in [0.15, 0.2) is 0 Å². The molecule has 2 heterocycles. The van der Waals surface area contributed by atoms with Gasteiger partial charge in [0.2, 0.25) is 0 Å². The van der Waals surface area contributed by atoms with Crippen molar-refractivity contribution in [1.29, 1.82) is 0 Å². The largest absolute Gasteiger partial charge is 0.377 e. The van der Waals surface area contributed by atoms with Crippen LogP contribution in [0.25, 0.3) is 0 Å². The lowest BCUT2D eigenvalue weighted by atomic mass is 10.2. The van der Waals surface area contributed by atoms with Gasteiger partial charge in [-0.15, -0.1) is 11.6 Å². The molecule has 82 valence electrons. The number of hydrogen-bond donors (Lipinski definition) is 0. The highest BCUT2D eigenvalue weighted by molar-refractivity contribution is 6.16. The highest BCUT2D eigenvalue weighted by Gasteiger charge is 2.19. The van der Waals surface area contributed by atoms with Crippen LogP contribution in [0.15, 0.2) is 18.2 Å². The Morgan fingerprint density at radius 2 is 2.47 bits per heavy atom. The maximum atomic E-state index is 5.77. The van der Waals surface area contributed by atoms with E-state index in [1.807, 2.05) is 18.2 Å². The van der Waals surface area contributed by atoms with Gasteiger partial charge < -0.3 is 9.64 Å². The second kappa shape index (κ2) is 4.81. The molecule has 1 saturated heterocycles. The first kappa shape index (κ1) is 10.7. The molecule has 1 aromatic heterocycles. The van der Waals surface area contributed by atoms with E-state index in [2.05, 4.69) is 16.8 Å². The predicted molar refractivity (Wildman–Crippen MR) is 61.4 cm³/mol. The zero-order valence-electron chi connectivity index (χ0n) is 8.82. The van der Waals surface area contributed by atoms with E-state index < -0.39 is 0 Å². The molecule has 3 nitrogen and oxygen atoms in total. The molecule has 1 fully saturated rings. The van der Waals surface area contributed by atoms with Crippen LogP contribution in [0.2, 0.25) is 0 Å². The first-order valence-corrected chi connectivity index (χ1v) is 5.71. The van der Waals surface area contributed by atoms with Crippen molar-refractivity contribution in [2.45, 2.75) is 18.8 Å². The minimum absolute atomic E-state index is 0.386. The number of aromatic nitrogens is 1. The van der Waals surface area contributed by atoms with Gasteiger partial charge in [-0.05, 0) is 19.1 Å². The second-order valence-corrected chi connectivity index (χ2v) is 4.01. The molecule has 0 N–H and O–H groups in total. The third-order valence-corrected chi connectivity index (χ3v) is 2.86. The van der Waals surface area contributed by atoms with Crippen molar-refractivity contribution < 1.29 is 4.74 Å². The smallest absolute Gasteiger partial charge is 0.129 e. The molecule has 1 unspecified atom stereocenters. The summed E-state index contributed by atoms with van der Waals surface area (Å²) in [5.41, 5.74) is 0.924. The zero-order chi connectivity index (χ0) is 10.7. The number of pyridine rings is 1. The van der Waals surface area contributed by atoms with E-state index in [0.717, 1.165) is 31.3 Å². The lowest BCUT2D eigenvalue weighted by Gasteiger charge is -2.34. The van der Waals surface area contributed by atoms with Gasteiger partial charge in [-0.1, -0.05) is 6.07 Å². The molecule has 2 rings (SSSR count). The maximum absolute atomic E-state index is 5.77. The van der Waals surface area contributed by atoms with Crippen LogP contribution in [-0.2, 0) is 10.6 Å². The van der Waals surface area contributed by atoms with E-state index >= 15 is 0 Å². The SMILES string of the molecule is CC1COCCN1c1cccc(CCl)n1. The molecule has 0 radical (unpaired) electrons. The average molecular weight is 227 g/mol. The summed E-state index contributed by atoms with van der Waals surface area (Å²) in [6.07, 6.45) is 0. The van der Waals surface area contributed by atoms with Gasteiger partial charge in [0.25, 0.3) is 0 Å².